The molecule has 0 unspecified atom stereocenters. The third-order valence-corrected chi connectivity index (χ3v) is 5.01. The van der Waals surface area contributed by atoms with Crippen LogP contribution in [-0.2, 0) is 4.79 Å². The molecule has 1 N–H and O–H groups in total. The largest absolute Gasteiger partial charge is 0.349 e. The number of unbranched alkanes of at least 4 members (excludes halogenated alkanes) is 4. The summed E-state index contributed by atoms with van der Waals surface area (Å²) in [5, 5.41) is 4.59. The van der Waals surface area contributed by atoms with E-state index in [2.05, 4.69) is 44.1 Å². The Bertz CT molecular complexity index is 193. The number of hydrogen-bond donors (Lipinski definition) is 1. The van der Waals surface area contributed by atoms with E-state index < -0.39 is 0 Å². The van der Waals surface area contributed by atoms with Gasteiger partial charge < -0.3 is 5.32 Å². The van der Waals surface area contributed by atoms with Crippen molar-refractivity contribution in [3.63, 3.8) is 0 Å². The van der Waals surface area contributed by atoms with Crippen LogP contribution in [0.25, 0.3) is 0 Å². The summed E-state index contributed by atoms with van der Waals surface area (Å²) in [5.74, 6) is 0.165. The minimum Gasteiger partial charge on any atom is -0.349 e. The second-order valence-corrected chi connectivity index (χ2v) is 5.66. The Morgan fingerprint density at radius 3 is 2.19 bits per heavy atom. The molecule has 0 aliphatic heterocycles. The Balaban J connectivity index is 3.65. The maximum Gasteiger partial charge on any atom is 0.220 e. The number of halogens is 2. The van der Waals surface area contributed by atoms with Gasteiger partial charge in [0.05, 0.1) is 5.54 Å². The highest BCUT2D eigenvalue weighted by Crippen LogP contribution is 2.12. The highest BCUT2D eigenvalue weighted by Gasteiger charge is 2.23. The third-order valence-electron chi connectivity index (χ3n) is 2.54. The van der Waals surface area contributed by atoms with Crippen LogP contribution in [0, 0.1) is 0 Å². The second kappa shape index (κ2) is 9.46. The van der Waals surface area contributed by atoms with Crippen molar-refractivity contribution >= 4 is 37.8 Å². The van der Waals surface area contributed by atoms with E-state index in [4.69, 9.17) is 0 Å². The van der Waals surface area contributed by atoms with Gasteiger partial charge in [-0.3, -0.25) is 4.79 Å². The van der Waals surface area contributed by atoms with Crippen molar-refractivity contribution in [3.05, 3.63) is 0 Å². The van der Waals surface area contributed by atoms with Gasteiger partial charge in [-0.25, -0.2) is 0 Å². The van der Waals surface area contributed by atoms with Crippen LogP contribution in [0.4, 0.5) is 0 Å². The lowest BCUT2D eigenvalue weighted by atomic mass is 10.1. The van der Waals surface area contributed by atoms with Gasteiger partial charge in [-0.15, -0.1) is 0 Å². The normalized spacial score (nSPS) is 11.5. The van der Waals surface area contributed by atoms with Crippen LogP contribution in [0.3, 0.4) is 0 Å². The van der Waals surface area contributed by atoms with Crippen LogP contribution in [0.2, 0.25) is 0 Å². The summed E-state index contributed by atoms with van der Waals surface area (Å²) in [5.41, 5.74) is -0.166. The van der Waals surface area contributed by atoms with E-state index in [1.807, 2.05) is 6.92 Å². The number of amides is 1. The highest BCUT2D eigenvalue weighted by atomic mass is 79.9. The molecule has 0 saturated carbocycles. The standard InChI is InChI=1S/C12H23Br2NO/c1-3-4-5-6-7-8-11(16)15-12(2,9-13)10-14/h3-10H2,1-2H3,(H,15,16). The molecule has 4 heteroatoms. The highest BCUT2D eigenvalue weighted by molar-refractivity contribution is 9.09. The Morgan fingerprint density at radius 1 is 1.12 bits per heavy atom. The quantitative estimate of drug-likeness (QED) is 0.490. The van der Waals surface area contributed by atoms with E-state index >= 15 is 0 Å². The zero-order chi connectivity index (χ0) is 12.4. The first kappa shape index (κ1) is 16.4. The molecule has 0 radical (unpaired) electrons. The molecule has 96 valence electrons. The summed E-state index contributed by atoms with van der Waals surface area (Å²) >= 11 is 6.84. The summed E-state index contributed by atoms with van der Waals surface area (Å²) < 4.78 is 0. The monoisotopic (exact) mass is 355 g/mol. The Labute approximate surface area is 116 Å². The topological polar surface area (TPSA) is 29.1 Å². The number of nitrogens with one attached hydrogen (secondary N) is 1. The van der Waals surface area contributed by atoms with Crippen molar-refractivity contribution in [1.29, 1.82) is 0 Å². The fraction of sp³-hybridized carbons (Fsp3) is 0.917. The predicted octanol–water partition coefficient (Wildman–Crippen LogP) is 4.01. The van der Waals surface area contributed by atoms with Gasteiger partial charge in [0.25, 0.3) is 0 Å². The first-order valence-electron chi connectivity index (χ1n) is 6.01. The van der Waals surface area contributed by atoms with Gasteiger partial charge in [0.15, 0.2) is 0 Å². The molecule has 0 rings (SSSR count). The van der Waals surface area contributed by atoms with Crippen LogP contribution < -0.4 is 5.32 Å². The maximum absolute atomic E-state index is 11.7. The maximum atomic E-state index is 11.7. The smallest absolute Gasteiger partial charge is 0.220 e. The molecule has 16 heavy (non-hydrogen) atoms. The molecule has 0 aromatic carbocycles. The van der Waals surface area contributed by atoms with Crippen molar-refractivity contribution in [2.75, 3.05) is 10.7 Å². The first-order valence-corrected chi connectivity index (χ1v) is 8.25. The molecule has 0 aliphatic rings. The van der Waals surface area contributed by atoms with Crippen LogP contribution in [0.5, 0.6) is 0 Å². The van der Waals surface area contributed by atoms with Crippen LogP contribution in [0.1, 0.15) is 52.4 Å². The molecule has 0 fully saturated rings. The minimum atomic E-state index is -0.166. The molecule has 0 aromatic rings. The summed E-state index contributed by atoms with van der Waals surface area (Å²) in [6.07, 6.45) is 6.60. The molecule has 0 bridgehead atoms. The van der Waals surface area contributed by atoms with Crippen LogP contribution in [0.15, 0.2) is 0 Å². The van der Waals surface area contributed by atoms with E-state index in [9.17, 15) is 4.79 Å². The fourth-order valence-electron chi connectivity index (χ4n) is 1.39. The van der Waals surface area contributed by atoms with Gasteiger partial charge in [0.1, 0.15) is 0 Å². The molecular weight excluding hydrogens is 334 g/mol. The molecule has 1 amide bonds. The van der Waals surface area contributed by atoms with Gasteiger partial charge >= 0.3 is 0 Å². The molecule has 0 heterocycles. The SMILES string of the molecule is CCCCCCCC(=O)NC(C)(CBr)CBr. The predicted molar refractivity (Wildman–Crippen MR) is 77.5 cm³/mol. The van der Waals surface area contributed by atoms with Crippen molar-refractivity contribution in [2.45, 2.75) is 57.9 Å². The Kier molecular flexibility index (Phi) is 9.71. The Hall–Kier alpha value is 0.430. The number of alkyl halides is 2. The van der Waals surface area contributed by atoms with Crippen LogP contribution >= 0.6 is 31.9 Å². The lowest BCUT2D eigenvalue weighted by molar-refractivity contribution is -0.122. The molecule has 0 saturated heterocycles. The molecular formula is C12H23Br2NO. The number of hydrogen-bond acceptors (Lipinski definition) is 1. The average Bonchev–Trinajstić information content (AvgIpc) is 2.28. The van der Waals surface area contributed by atoms with Crippen molar-refractivity contribution in [2.24, 2.45) is 0 Å². The third kappa shape index (κ3) is 7.66. The molecule has 2 nitrogen and oxygen atoms in total. The van der Waals surface area contributed by atoms with E-state index in [0.717, 1.165) is 17.1 Å². The Morgan fingerprint density at radius 2 is 1.69 bits per heavy atom. The molecule has 0 spiro atoms. The lowest BCUT2D eigenvalue weighted by Gasteiger charge is -2.26. The van der Waals surface area contributed by atoms with Gasteiger partial charge in [0.2, 0.25) is 5.91 Å². The van der Waals surface area contributed by atoms with Gasteiger partial charge in [-0.05, 0) is 13.3 Å². The van der Waals surface area contributed by atoms with Gasteiger partial charge in [-0.2, -0.15) is 0 Å². The number of carbonyl (C=O) groups is 1. The van der Waals surface area contributed by atoms with E-state index in [1.54, 1.807) is 0 Å². The molecule has 0 aromatic heterocycles. The van der Waals surface area contributed by atoms with E-state index in [-0.39, 0.29) is 11.4 Å². The molecule has 0 aliphatic carbocycles. The van der Waals surface area contributed by atoms with Crippen LogP contribution in [-0.4, -0.2) is 22.1 Å². The van der Waals surface area contributed by atoms with E-state index in [0.29, 0.717) is 6.42 Å². The van der Waals surface area contributed by atoms with Gasteiger partial charge in [-0.1, -0.05) is 64.5 Å². The minimum absolute atomic E-state index is 0.165. The zero-order valence-electron chi connectivity index (χ0n) is 10.3. The summed E-state index contributed by atoms with van der Waals surface area (Å²) in [6.45, 7) is 4.23. The number of rotatable bonds is 9. The molecule has 0 atom stereocenters. The summed E-state index contributed by atoms with van der Waals surface area (Å²) in [4.78, 5) is 11.7. The second-order valence-electron chi connectivity index (χ2n) is 4.54. The van der Waals surface area contributed by atoms with E-state index in [1.165, 1.54) is 25.7 Å². The summed E-state index contributed by atoms with van der Waals surface area (Å²) in [6, 6.07) is 0. The zero-order valence-corrected chi connectivity index (χ0v) is 13.5. The summed E-state index contributed by atoms with van der Waals surface area (Å²) in [7, 11) is 0. The van der Waals surface area contributed by atoms with Gasteiger partial charge in [0, 0.05) is 17.1 Å². The average molecular weight is 357 g/mol. The first-order chi connectivity index (χ1) is 7.58. The van der Waals surface area contributed by atoms with Crippen molar-refractivity contribution in [3.8, 4) is 0 Å². The number of carbonyl (C=O) groups excluding carboxylic acids is 1. The van der Waals surface area contributed by atoms with Crippen molar-refractivity contribution in [1.82, 2.24) is 5.32 Å². The lowest BCUT2D eigenvalue weighted by Crippen LogP contribution is -2.48. The van der Waals surface area contributed by atoms with Crippen molar-refractivity contribution < 1.29 is 4.79 Å². The fourth-order valence-corrected chi connectivity index (χ4v) is 2.60.